The Labute approximate surface area is 128 Å². The molecule has 2 aromatic rings. The first kappa shape index (κ1) is 13.0. The maximum absolute atomic E-state index is 12.0. The molecule has 2 aromatic carbocycles. The molecule has 0 bridgehead atoms. The van der Waals surface area contributed by atoms with E-state index in [2.05, 4.69) is 27.9 Å². The van der Waals surface area contributed by atoms with Crippen molar-refractivity contribution in [2.45, 2.75) is 0 Å². The second-order valence-electron chi connectivity index (χ2n) is 4.45. The van der Waals surface area contributed by atoms with Gasteiger partial charge < -0.3 is 15.5 Å². The van der Waals surface area contributed by atoms with Gasteiger partial charge in [-0.15, -0.1) is 0 Å². The van der Waals surface area contributed by atoms with E-state index in [0.29, 0.717) is 11.1 Å². The molecule has 0 saturated carbocycles. The molecule has 20 heavy (non-hydrogen) atoms. The standard InChI is InChI=1S/C15H10INO3/c16-9-1-3-13-11(7-9)12(15(20)17-13)6-8-5-10(18)2-4-14(8)19/h1-7,18-19H,(H,17,20). The van der Waals surface area contributed by atoms with E-state index in [1.807, 2.05) is 18.2 Å². The van der Waals surface area contributed by atoms with Crippen LogP contribution in [0.4, 0.5) is 5.69 Å². The van der Waals surface area contributed by atoms with E-state index < -0.39 is 0 Å². The summed E-state index contributed by atoms with van der Waals surface area (Å²) in [6.07, 6.45) is 1.58. The number of benzene rings is 2. The van der Waals surface area contributed by atoms with Gasteiger partial charge in [-0.2, -0.15) is 0 Å². The SMILES string of the molecule is O=C1Nc2ccc(I)cc2C1=Cc1cc(O)ccc1O. The molecular weight excluding hydrogens is 369 g/mol. The summed E-state index contributed by atoms with van der Waals surface area (Å²) >= 11 is 2.18. The molecule has 3 rings (SSSR count). The summed E-state index contributed by atoms with van der Waals surface area (Å²) in [4.78, 5) is 12.0. The van der Waals surface area contributed by atoms with E-state index in [0.717, 1.165) is 14.8 Å². The third-order valence-electron chi connectivity index (χ3n) is 3.08. The smallest absolute Gasteiger partial charge is 0.256 e. The highest BCUT2D eigenvalue weighted by molar-refractivity contribution is 14.1. The fraction of sp³-hybridized carbons (Fsp3) is 0. The number of carbonyl (C=O) groups excluding carboxylic acids is 1. The Kier molecular flexibility index (Phi) is 3.13. The lowest BCUT2D eigenvalue weighted by atomic mass is 10.0. The van der Waals surface area contributed by atoms with Crippen LogP contribution in [-0.4, -0.2) is 16.1 Å². The zero-order valence-electron chi connectivity index (χ0n) is 10.2. The number of nitrogens with one attached hydrogen (secondary N) is 1. The minimum Gasteiger partial charge on any atom is -0.508 e. The highest BCUT2D eigenvalue weighted by Gasteiger charge is 2.24. The predicted octanol–water partition coefficient (Wildman–Crippen LogP) is 3.20. The fourth-order valence-electron chi connectivity index (χ4n) is 2.12. The van der Waals surface area contributed by atoms with Gasteiger partial charge in [0.05, 0.1) is 0 Å². The molecule has 1 aliphatic heterocycles. The molecule has 5 heteroatoms. The van der Waals surface area contributed by atoms with Crippen molar-refractivity contribution in [3.63, 3.8) is 0 Å². The predicted molar refractivity (Wildman–Crippen MR) is 85.4 cm³/mol. The average Bonchev–Trinajstić information content (AvgIpc) is 2.70. The summed E-state index contributed by atoms with van der Waals surface area (Å²) in [7, 11) is 0. The van der Waals surface area contributed by atoms with Gasteiger partial charge in [0.15, 0.2) is 0 Å². The van der Waals surface area contributed by atoms with Crippen LogP contribution in [0.5, 0.6) is 11.5 Å². The Morgan fingerprint density at radius 1 is 1.10 bits per heavy atom. The summed E-state index contributed by atoms with van der Waals surface area (Å²) in [6, 6.07) is 9.86. The number of carbonyl (C=O) groups is 1. The van der Waals surface area contributed by atoms with Crippen molar-refractivity contribution < 1.29 is 15.0 Å². The zero-order chi connectivity index (χ0) is 14.3. The van der Waals surface area contributed by atoms with E-state index in [4.69, 9.17) is 0 Å². The molecular formula is C15H10INO3. The van der Waals surface area contributed by atoms with Crippen LogP contribution in [0.3, 0.4) is 0 Å². The van der Waals surface area contributed by atoms with Crippen LogP contribution < -0.4 is 5.32 Å². The molecule has 0 aliphatic carbocycles. The van der Waals surface area contributed by atoms with Crippen molar-refractivity contribution in [2.24, 2.45) is 0 Å². The normalized spacial score (nSPS) is 15.2. The van der Waals surface area contributed by atoms with E-state index in [-0.39, 0.29) is 17.4 Å². The van der Waals surface area contributed by atoms with Crippen LogP contribution in [0.2, 0.25) is 0 Å². The van der Waals surface area contributed by atoms with Crippen LogP contribution in [0, 0.1) is 3.57 Å². The Balaban J connectivity index is 2.15. The van der Waals surface area contributed by atoms with Crippen molar-refractivity contribution in [3.8, 4) is 11.5 Å². The number of fused-ring (bicyclic) bond motifs is 1. The first-order chi connectivity index (χ1) is 9.54. The molecule has 1 heterocycles. The molecule has 3 N–H and O–H groups in total. The van der Waals surface area contributed by atoms with Crippen molar-refractivity contribution in [2.75, 3.05) is 5.32 Å². The summed E-state index contributed by atoms with van der Waals surface area (Å²) in [5.74, 6) is -0.164. The van der Waals surface area contributed by atoms with E-state index in [1.165, 1.54) is 18.2 Å². The van der Waals surface area contributed by atoms with Crippen LogP contribution in [0.25, 0.3) is 11.6 Å². The van der Waals surface area contributed by atoms with Crippen LogP contribution in [0.15, 0.2) is 36.4 Å². The van der Waals surface area contributed by atoms with Crippen molar-refractivity contribution >= 4 is 45.8 Å². The summed E-state index contributed by atoms with van der Waals surface area (Å²) < 4.78 is 1.02. The number of phenolic OH excluding ortho intramolecular Hbond substituents is 2. The van der Waals surface area contributed by atoms with Crippen LogP contribution in [0.1, 0.15) is 11.1 Å². The quantitative estimate of drug-likeness (QED) is 0.405. The topological polar surface area (TPSA) is 69.6 Å². The minimum atomic E-state index is -0.218. The zero-order valence-corrected chi connectivity index (χ0v) is 12.4. The summed E-state index contributed by atoms with van der Waals surface area (Å²) in [5.41, 5.74) is 2.42. The van der Waals surface area contributed by atoms with Gasteiger partial charge in [0.1, 0.15) is 11.5 Å². The van der Waals surface area contributed by atoms with Gasteiger partial charge >= 0.3 is 0 Å². The largest absolute Gasteiger partial charge is 0.508 e. The number of anilines is 1. The van der Waals surface area contributed by atoms with Gasteiger partial charge in [0, 0.05) is 26.0 Å². The molecule has 1 aliphatic rings. The third-order valence-corrected chi connectivity index (χ3v) is 3.75. The number of hydrogen-bond donors (Lipinski definition) is 3. The first-order valence-electron chi connectivity index (χ1n) is 5.89. The van der Waals surface area contributed by atoms with Crippen molar-refractivity contribution in [1.29, 1.82) is 0 Å². The Bertz CT molecular complexity index is 753. The Morgan fingerprint density at radius 3 is 2.70 bits per heavy atom. The lowest BCUT2D eigenvalue weighted by Gasteiger charge is -2.02. The second-order valence-corrected chi connectivity index (χ2v) is 5.69. The van der Waals surface area contributed by atoms with E-state index >= 15 is 0 Å². The summed E-state index contributed by atoms with van der Waals surface area (Å²) in [6.45, 7) is 0. The molecule has 0 aromatic heterocycles. The Hall–Kier alpha value is -2.02. The number of phenols is 2. The van der Waals surface area contributed by atoms with Crippen molar-refractivity contribution in [3.05, 3.63) is 51.1 Å². The van der Waals surface area contributed by atoms with Gasteiger partial charge in [0.2, 0.25) is 0 Å². The molecule has 0 fully saturated rings. The lowest BCUT2D eigenvalue weighted by Crippen LogP contribution is -2.03. The molecule has 100 valence electrons. The van der Waals surface area contributed by atoms with Gasteiger partial charge in [-0.3, -0.25) is 4.79 Å². The number of rotatable bonds is 1. The maximum atomic E-state index is 12.0. The van der Waals surface area contributed by atoms with Gasteiger partial charge in [-0.1, -0.05) is 0 Å². The van der Waals surface area contributed by atoms with Gasteiger partial charge in [-0.25, -0.2) is 0 Å². The molecule has 0 unspecified atom stereocenters. The average molecular weight is 379 g/mol. The molecule has 0 saturated heterocycles. The van der Waals surface area contributed by atoms with E-state index in [9.17, 15) is 15.0 Å². The molecule has 4 nitrogen and oxygen atoms in total. The molecule has 0 atom stereocenters. The first-order valence-corrected chi connectivity index (χ1v) is 6.97. The fourth-order valence-corrected chi connectivity index (χ4v) is 2.61. The Morgan fingerprint density at radius 2 is 1.90 bits per heavy atom. The maximum Gasteiger partial charge on any atom is 0.256 e. The van der Waals surface area contributed by atoms with Gasteiger partial charge in [-0.05, 0) is 65.1 Å². The van der Waals surface area contributed by atoms with E-state index in [1.54, 1.807) is 6.08 Å². The molecule has 0 spiro atoms. The minimum absolute atomic E-state index is 0.0159. The summed E-state index contributed by atoms with van der Waals surface area (Å²) in [5, 5.41) is 22.0. The molecule has 0 radical (unpaired) electrons. The number of halogens is 1. The monoisotopic (exact) mass is 379 g/mol. The number of amides is 1. The number of aromatic hydroxyl groups is 2. The third kappa shape index (κ3) is 2.24. The van der Waals surface area contributed by atoms with Crippen LogP contribution >= 0.6 is 22.6 Å². The highest BCUT2D eigenvalue weighted by atomic mass is 127. The highest BCUT2D eigenvalue weighted by Crippen LogP contribution is 2.35. The number of hydrogen-bond acceptors (Lipinski definition) is 3. The van der Waals surface area contributed by atoms with Crippen LogP contribution in [-0.2, 0) is 4.79 Å². The van der Waals surface area contributed by atoms with Crippen molar-refractivity contribution in [1.82, 2.24) is 0 Å². The lowest BCUT2D eigenvalue weighted by molar-refractivity contribution is -0.110. The van der Waals surface area contributed by atoms with Gasteiger partial charge in [0.25, 0.3) is 5.91 Å². The second kappa shape index (κ2) is 4.82. The molecule has 1 amide bonds.